The number of imidazole rings is 1. The van der Waals surface area contributed by atoms with Crippen LogP contribution in [0.1, 0.15) is 56.2 Å². The van der Waals surface area contributed by atoms with Crippen LogP contribution in [0.2, 0.25) is 0 Å². The van der Waals surface area contributed by atoms with Crippen molar-refractivity contribution in [1.29, 1.82) is 0 Å². The van der Waals surface area contributed by atoms with Crippen molar-refractivity contribution in [3.8, 4) is 22.6 Å². The van der Waals surface area contributed by atoms with E-state index < -0.39 is 0 Å². The third-order valence-corrected chi connectivity index (χ3v) is 8.18. The quantitative estimate of drug-likeness (QED) is 0.176. The van der Waals surface area contributed by atoms with Crippen LogP contribution in [0.25, 0.3) is 39.8 Å². The molecule has 1 fully saturated rings. The summed E-state index contributed by atoms with van der Waals surface area (Å²) in [7, 11) is 0. The van der Waals surface area contributed by atoms with Gasteiger partial charge in [-0.3, -0.25) is 4.98 Å². The van der Waals surface area contributed by atoms with Gasteiger partial charge in [0.05, 0.1) is 22.4 Å². The van der Waals surface area contributed by atoms with E-state index in [1.54, 1.807) is 5.57 Å². The number of hydrogen-bond acceptors (Lipinski definition) is 2. The Balaban J connectivity index is 0.000000184. The minimum atomic E-state index is -0.0584. The molecule has 0 spiro atoms. The van der Waals surface area contributed by atoms with Gasteiger partial charge in [-0.25, -0.2) is 0 Å². The molecule has 1 aliphatic heterocycles. The van der Waals surface area contributed by atoms with E-state index in [1.807, 2.05) is 43.5 Å². The van der Waals surface area contributed by atoms with Crippen LogP contribution in [0.5, 0.6) is 0 Å². The Kier molecular flexibility index (Phi) is 8.21. The maximum atomic E-state index is 5.01. The van der Waals surface area contributed by atoms with E-state index >= 15 is 0 Å². The normalized spacial score (nSPS) is 15.7. The van der Waals surface area contributed by atoms with Gasteiger partial charge in [-0.05, 0) is 68.0 Å². The fourth-order valence-electron chi connectivity index (χ4n) is 6.14. The van der Waals surface area contributed by atoms with Crippen molar-refractivity contribution in [3.05, 3.63) is 113 Å². The molecule has 0 saturated heterocycles. The Labute approximate surface area is 251 Å². The summed E-state index contributed by atoms with van der Waals surface area (Å²) in [6.45, 7) is 8.82. The van der Waals surface area contributed by atoms with Crippen LogP contribution in [0.4, 0.5) is 0 Å². The second kappa shape index (κ2) is 11.6. The summed E-state index contributed by atoms with van der Waals surface area (Å²) in [6, 6.07) is 31.5. The van der Waals surface area contributed by atoms with E-state index in [0.717, 1.165) is 28.2 Å². The van der Waals surface area contributed by atoms with Gasteiger partial charge in [0.1, 0.15) is 0 Å². The second-order valence-corrected chi connectivity index (χ2v) is 11.4. The van der Waals surface area contributed by atoms with Crippen molar-refractivity contribution in [3.63, 3.8) is 0 Å². The van der Waals surface area contributed by atoms with Crippen molar-refractivity contribution < 1.29 is 20.1 Å². The van der Waals surface area contributed by atoms with Gasteiger partial charge < -0.3 is 9.55 Å². The average Bonchev–Trinajstić information content (AvgIpc) is 3.62. The molecule has 2 aliphatic rings. The molecule has 40 heavy (non-hydrogen) atoms. The third-order valence-electron chi connectivity index (χ3n) is 8.18. The molecule has 3 heterocycles. The third kappa shape index (κ3) is 5.36. The molecule has 1 aliphatic carbocycles. The predicted octanol–water partition coefficient (Wildman–Crippen LogP) is 8.99. The summed E-state index contributed by atoms with van der Waals surface area (Å²) >= 11 is 0. The van der Waals surface area contributed by atoms with Crippen LogP contribution in [0, 0.1) is 31.9 Å². The summed E-state index contributed by atoms with van der Waals surface area (Å²) in [5.74, 6) is 1.74. The molecule has 0 amide bonds. The maximum Gasteiger partial charge on any atom is 0.0777 e. The van der Waals surface area contributed by atoms with E-state index in [2.05, 4.69) is 91.0 Å². The van der Waals surface area contributed by atoms with Crippen LogP contribution in [0.3, 0.4) is 0 Å². The molecule has 5 aromatic rings. The Morgan fingerprint density at radius 1 is 0.850 bits per heavy atom. The molecule has 0 unspecified atom stereocenters. The van der Waals surface area contributed by atoms with Crippen LogP contribution in [0.15, 0.2) is 84.6 Å². The smallest absolute Gasteiger partial charge is 0.0777 e. The summed E-state index contributed by atoms with van der Waals surface area (Å²) in [6.07, 6.45) is 9.70. The van der Waals surface area contributed by atoms with Gasteiger partial charge in [0.2, 0.25) is 0 Å². The average molecular weight is 702 g/mol. The van der Waals surface area contributed by atoms with Gasteiger partial charge >= 0.3 is 0 Å². The Morgan fingerprint density at radius 3 is 2.33 bits per heavy atom. The Morgan fingerprint density at radius 2 is 1.65 bits per heavy atom. The molecule has 3 nitrogen and oxygen atoms in total. The van der Waals surface area contributed by atoms with Gasteiger partial charge in [0.25, 0.3) is 0 Å². The van der Waals surface area contributed by atoms with Gasteiger partial charge in [0.15, 0.2) is 0 Å². The number of aromatic nitrogens is 3. The summed E-state index contributed by atoms with van der Waals surface area (Å²) < 4.78 is 2.47. The van der Waals surface area contributed by atoms with Crippen LogP contribution < -0.4 is 0 Å². The standard InChI is InChI=1S/C23H23N2.C13H12N.Ir/c1-23(2)19(16-9-6-7-10-16)15-18-13-8-14-20-21(18)25(23)22(24-20)17-11-4-3-5-12-17;1-10-3-6-12(7-4-10)13-8-5-11(2)9-14-13;/h3-5,8,11,13-16H,6-7,9-10H2,1-2H3;3-6,8-9H,1-2H3;/q2*-1;. The number of hydrogen-bond donors (Lipinski definition) is 0. The summed E-state index contributed by atoms with van der Waals surface area (Å²) in [4.78, 5) is 9.36. The van der Waals surface area contributed by atoms with E-state index in [0.29, 0.717) is 5.92 Å². The molecule has 0 N–H and O–H groups in total. The Hall–Kier alpha value is -3.33. The summed E-state index contributed by atoms with van der Waals surface area (Å²) in [5.41, 5.74) is 10.7. The first-order valence-electron chi connectivity index (χ1n) is 14.0. The first kappa shape index (κ1) is 28.2. The van der Waals surface area contributed by atoms with Crippen LogP contribution >= 0.6 is 0 Å². The van der Waals surface area contributed by atoms with Gasteiger partial charge in [-0.15, -0.1) is 71.3 Å². The first-order valence-corrected chi connectivity index (χ1v) is 14.0. The molecular weight excluding hydrogens is 667 g/mol. The fraction of sp³-hybridized carbons (Fsp3) is 0.278. The van der Waals surface area contributed by atoms with Crippen molar-refractivity contribution in [1.82, 2.24) is 14.5 Å². The van der Waals surface area contributed by atoms with Crippen molar-refractivity contribution in [2.24, 2.45) is 5.92 Å². The molecular formula is C36H35IrN3-2. The summed E-state index contributed by atoms with van der Waals surface area (Å²) in [5, 5.41) is 0. The SMILES string of the molecule is CC1(C)C(C2CCCC2)=Cc2cccc3nc(-c4[c-]cccc4)n1c23.Cc1c[c-]c(-c2ccc(C)cn2)cc1.[Ir]. The minimum absolute atomic E-state index is 0. The van der Waals surface area contributed by atoms with Crippen molar-refractivity contribution >= 4 is 17.1 Å². The molecule has 205 valence electrons. The zero-order valence-electron chi connectivity index (χ0n) is 23.7. The van der Waals surface area contributed by atoms with E-state index in [1.165, 1.54) is 47.9 Å². The van der Waals surface area contributed by atoms with Crippen molar-refractivity contribution in [2.45, 2.75) is 58.9 Å². The first-order chi connectivity index (χ1) is 18.9. The predicted molar refractivity (Wildman–Crippen MR) is 161 cm³/mol. The van der Waals surface area contributed by atoms with Gasteiger partial charge in [-0.1, -0.05) is 50.1 Å². The van der Waals surface area contributed by atoms with Crippen molar-refractivity contribution in [2.75, 3.05) is 0 Å². The number of benzene rings is 3. The number of para-hydroxylation sites is 1. The van der Waals surface area contributed by atoms with Crippen LogP contribution in [-0.4, -0.2) is 14.5 Å². The maximum absolute atomic E-state index is 5.01. The van der Waals surface area contributed by atoms with Gasteiger partial charge in [-0.2, -0.15) is 0 Å². The second-order valence-electron chi connectivity index (χ2n) is 11.4. The molecule has 1 radical (unpaired) electrons. The monoisotopic (exact) mass is 702 g/mol. The molecule has 1 saturated carbocycles. The molecule has 7 rings (SSSR count). The van der Waals surface area contributed by atoms with E-state index in [9.17, 15) is 0 Å². The number of aryl methyl sites for hydroxylation is 2. The zero-order valence-corrected chi connectivity index (χ0v) is 26.1. The molecule has 4 heteroatoms. The van der Waals surface area contributed by atoms with Crippen LogP contribution in [-0.2, 0) is 25.6 Å². The molecule has 0 atom stereocenters. The fourth-order valence-corrected chi connectivity index (χ4v) is 6.14. The largest absolute Gasteiger partial charge is 0.355 e. The minimum Gasteiger partial charge on any atom is -0.355 e. The number of pyridine rings is 1. The number of nitrogens with zero attached hydrogens (tertiary/aromatic N) is 3. The Bertz CT molecular complexity index is 1580. The molecule has 3 aromatic carbocycles. The zero-order chi connectivity index (χ0) is 27.0. The van der Waals surface area contributed by atoms with E-state index in [4.69, 9.17) is 4.98 Å². The topological polar surface area (TPSA) is 30.7 Å². The number of rotatable bonds is 3. The molecule has 2 aromatic heterocycles. The molecule has 0 bridgehead atoms. The van der Waals surface area contributed by atoms with E-state index in [-0.39, 0.29) is 25.6 Å². The van der Waals surface area contributed by atoms with Gasteiger partial charge in [0, 0.05) is 26.3 Å². The number of allylic oxidation sites excluding steroid dienone is 1.